The van der Waals surface area contributed by atoms with Gasteiger partial charge in [0.25, 0.3) is 0 Å². The van der Waals surface area contributed by atoms with Crippen LogP contribution in [-0.4, -0.2) is 26.2 Å². The van der Waals surface area contributed by atoms with Gasteiger partial charge in [-0.25, -0.2) is 14.8 Å². The number of phenolic OH excluding ortho intramolecular Hbond substituents is 2. The molecule has 0 aliphatic heterocycles. The second-order valence-corrected chi connectivity index (χ2v) is 3.39. The zero-order chi connectivity index (χ0) is 13.0. The number of urea groups is 1. The van der Waals surface area contributed by atoms with Gasteiger partial charge >= 0.3 is 6.03 Å². The van der Waals surface area contributed by atoms with Crippen LogP contribution in [0.5, 0.6) is 11.5 Å². The summed E-state index contributed by atoms with van der Waals surface area (Å²) in [4.78, 5) is 19.2. The molecule has 7 heteroatoms. The van der Waals surface area contributed by atoms with Crippen LogP contribution in [0.1, 0.15) is 0 Å². The average molecular weight is 246 g/mol. The van der Waals surface area contributed by atoms with Gasteiger partial charge in [0.2, 0.25) is 5.95 Å². The molecular weight excluding hydrogens is 236 g/mol. The molecule has 0 aliphatic rings. The van der Waals surface area contributed by atoms with Crippen LogP contribution < -0.4 is 10.6 Å². The summed E-state index contributed by atoms with van der Waals surface area (Å²) >= 11 is 0. The normalized spacial score (nSPS) is 9.78. The van der Waals surface area contributed by atoms with Gasteiger partial charge in [-0.3, -0.25) is 5.32 Å². The highest BCUT2D eigenvalue weighted by atomic mass is 16.3. The van der Waals surface area contributed by atoms with Crippen molar-refractivity contribution in [2.24, 2.45) is 0 Å². The zero-order valence-corrected chi connectivity index (χ0v) is 9.16. The van der Waals surface area contributed by atoms with Crippen LogP contribution >= 0.6 is 0 Å². The fourth-order valence-electron chi connectivity index (χ4n) is 1.29. The lowest BCUT2D eigenvalue weighted by Gasteiger charge is -2.06. The summed E-state index contributed by atoms with van der Waals surface area (Å²) in [5.74, 6) is -0.151. The van der Waals surface area contributed by atoms with Crippen molar-refractivity contribution in [2.45, 2.75) is 0 Å². The molecule has 2 rings (SSSR count). The van der Waals surface area contributed by atoms with E-state index < -0.39 is 6.03 Å². The van der Waals surface area contributed by atoms with Gasteiger partial charge in [0, 0.05) is 36.3 Å². The van der Waals surface area contributed by atoms with E-state index in [2.05, 4.69) is 20.6 Å². The Morgan fingerprint density at radius 3 is 2.22 bits per heavy atom. The molecule has 18 heavy (non-hydrogen) atoms. The number of benzene rings is 1. The Labute approximate surface area is 102 Å². The van der Waals surface area contributed by atoms with E-state index in [-0.39, 0.29) is 23.1 Å². The van der Waals surface area contributed by atoms with Crippen LogP contribution in [0.15, 0.2) is 36.7 Å². The number of aromatic nitrogens is 2. The zero-order valence-electron chi connectivity index (χ0n) is 9.16. The van der Waals surface area contributed by atoms with E-state index >= 15 is 0 Å². The maximum Gasteiger partial charge on any atom is 0.326 e. The van der Waals surface area contributed by atoms with Crippen molar-refractivity contribution >= 4 is 17.7 Å². The molecule has 2 amide bonds. The largest absolute Gasteiger partial charge is 0.508 e. The van der Waals surface area contributed by atoms with Gasteiger partial charge in [-0.15, -0.1) is 0 Å². The van der Waals surface area contributed by atoms with E-state index in [1.54, 1.807) is 6.07 Å². The number of carbonyl (C=O) groups excluding carboxylic acids is 1. The molecule has 1 heterocycles. The molecule has 1 aromatic heterocycles. The van der Waals surface area contributed by atoms with Crippen molar-refractivity contribution in [3.05, 3.63) is 36.7 Å². The molecule has 0 fully saturated rings. The van der Waals surface area contributed by atoms with Gasteiger partial charge in [-0.1, -0.05) is 0 Å². The van der Waals surface area contributed by atoms with E-state index in [1.807, 2.05) is 0 Å². The van der Waals surface area contributed by atoms with Crippen LogP contribution in [0.25, 0.3) is 0 Å². The number of anilines is 2. The van der Waals surface area contributed by atoms with Gasteiger partial charge < -0.3 is 15.5 Å². The fourth-order valence-corrected chi connectivity index (χ4v) is 1.29. The molecule has 0 unspecified atom stereocenters. The quantitative estimate of drug-likeness (QED) is 0.642. The van der Waals surface area contributed by atoms with E-state index in [1.165, 1.54) is 24.5 Å². The summed E-state index contributed by atoms with van der Waals surface area (Å²) in [7, 11) is 0. The van der Waals surface area contributed by atoms with Crippen LogP contribution in [0.4, 0.5) is 16.4 Å². The van der Waals surface area contributed by atoms with Crippen molar-refractivity contribution in [3.63, 3.8) is 0 Å². The lowest BCUT2D eigenvalue weighted by Crippen LogP contribution is -2.20. The third kappa shape index (κ3) is 3.08. The van der Waals surface area contributed by atoms with Gasteiger partial charge in [0.1, 0.15) is 11.5 Å². The first kappa shape index (κ1) is 11.6. The molecule has 92 valence electrons. The smallest absolute Gasteiger partial charge is 0.326 e. The van der Waals surface area contributed by atoms with Gasteiger partial charge in [0.15, 0.2) is 0 Å². The Morgan fingerprint density at radius 1 is 1.00 bits per heavy atom. The maximum absolute atomic E-state index is 11.5. The highest BCUT2D eigenvalue weighted by molar-refractivity contribution is 5.98. The highest BCUT2D eigenvalue weighted by Crippen LogP contribution is 2.23. The van der Waals surface area contributed by atoms with Gasteiger partial charge in [0.05, 0.1) is 0 Å². The molecule has 0 atom stereocenters. The molecule has 0 spiro atoms. The molecule has 7 nitrogen and oxygen atoms in total. The number of phenols is 2. The van der Waals surface area contributed by atoms with Gasteiger partial charge in [-0.05, 0) is 6.07 Å². The lowest BCUT2D eigenvalue weighted by atomic mass is 10.3. The highest BCUT2D eigenvalue weighted by Gasteiger charge is 2.05. The second-order valence-electron chi connectivity index (χ2n) is 3.39. The Kier molecular flexibility index (Phi) is 3.24. The summed E-state index contributed by atoms with van der Waals surface area (Å²) in [6, 6.07) is 4.79. The summed E-state index contributed by atoms with van der Waals surface area (Å²) in [5.41, 5.74) is 0.251. The first-order valence-corrected chi connectivity index (χ1v) is 5.01. The average Bonchev–Trinajstić information content (AvgIpc) is 2.28. The monoisotopic (exact) mass is 246 g/mol. The van der Waals surface area contributed by atoms with Crippen molar-refractivity contribution in [3.8, 4) is 11.5 Å². The third-order valence-electron chi connectivity index (χ3n) is 1.95. The number of nitrogens with zero attached hydrogens (tertiary/aromatic N) is 2. The van der Waals surface area contributed by atoms with E-state index in [0.29, 0.717) is 0 Å². The topological polar surface area (TPSA) is 107 Å². The summed E-state index contributed by atoms with van der Waals surface area (Å²) in [5, 5.41) is 23.3. The third-order valence-corrected chi connectivity index (χ3v) is 1.95. The predicted octanol–water partition coefficient (Wildman–Crippen LogP) is 1.53. The van der Waals surface area contributed by atoms with Crippen LogP contribution in [0, 0.1) is 0 Å². The van der Waals surface area contributed by atoms with E-state index in [4.69, 9.17) is 0 Å². The number of nitrogens with one attached hydrogen (secondary N) is 2. The minimum Gasteiger partial charge on any atom is -0.508 e. The minimum absolute atomic E-state index is 0.152. The number of amides is 2. The van der Waals surface area contributed by atoms with Crippen LogP contribution in [0.3, 0.4) is 0 Å². The number of hydrogen-bond acceptors (Lipinski definition) is 5. The molecule has 0 radical (unpaired) electrons. The van der Waals surface area contributed by atoms with Crippen LogP contribution in [-0.2, 0) is 0 Å². The molecule has 1 aromatic carbocycles. The summed E-state index contributed by atoms with van der Waals surface area (Å²) < 4.78 is 0. The Morgan fingerprint density at radius 2 is 1.61 bits per heavy atom. The Hall–Kier alpha value is -2.83. The number of hydrogen-bond donors (Lipinski definition) is 4. The van der Waals surface area contributed by atoms with E-state index in [0.717, 1.165) is 6.07 Å². The number of rotatable bonds is 2. The molecule has 0 bridgehead atoms. The van der Waals surface area contributed by atoms with Crippen LogP contribution in [0.2, 0.25) is 0 Å². The molecule has 4 N–H and O–H groups in total. The molecule has 0 aliphatic carbocycles. The lowest BCUT2D eigenvalue weighted by molar-refractivity contribution is 0.262. The van der Waals surface area contributed by atoms with Gasteiger partial charge in [-0.2, -0.15) is 0 Å². The van der Waals surface area contributed by atoms with Crippen molar-refractivity contribution in [1.29, 1.82) is 0 Å². The molecule has 2 aromatic rings. The second kappa shape index (κ2) is 5.00. The minimum atomic E-state index is -0.578. The first-order chi connectivity index (χ1) is 8.63. The van der Waals surface area contributed by atoms with Crippen molar-refractivity contribution < 1.29 is 15.0 Å². The fraction of sp³-hybridized carbons (Fsp3) is 0. The first-order valence-electron chi connectivity index (χ1n) is 5.01. The predicted molar refractivity (Wildman–Crippen MR) is 64.4 cm³/mol. The molecular formula is C11H10N4O3. The van der Waals surface area contributed by atoms with E-state index in [9.17, 15) is 15.0 Å². The standard InChI is InChI=1S/C11H10N4O3/c16-8-4-7(5-9(17)6-8)14-11(18)15-10-12-2-1-3-13-10/h1-6,16-17H,(H2,12,13,14,15,18). The number of aromatic hydroxyl groups is 2. The molecule has 0 saturated carbocycles. The Bertz CT molecular complexity index is 539. The Balaban J connectivity index is 2.03. The maximum atomic E-state index is 11.5. The van der Waals surface area contributed by atoms with Crippen molar-refractivity contribution in [2.75, 3.05) is 10.6 Å². The summed E-state index contributed by atoms with van der Waals surface area (Å²) in [6.45, 7) is 0. The summed E-state index contributed by atoms with van der Waals surface area (Å²) in [6.07, 6.45) is 2.98. The van der Waals surface area contributed by atoms with Crippen molar-refractivity contribution in [1.82, 2.24) is 9.97 Å². The SMILES string of the molecule is O=C(Nc1cc(O)cc(O)c1)Nc1ncccn1. The number of carbonyl (C=O) groups is 1. The molecule has 0 saturated heterocycles.